The van der Waals surface area contributed by atoms with Crippen molar-refractivity contribution in [1.29, 1.82) is 0 Å². The van der Waals surface area contributed by atoms with Gasteiger partial charge in [0.1, 0.15) is 0 Å². The standard InChI is InChI=1S/C9H19NOS/c1-7(2)6-10-9(11)8(3)12(4)5/h8,12H,1,6H2,2-5H3,(H,10,11). The van der Waals surface area contributed by atoms with Crippen molar-refractivity contribution in [2.45, 2.75) is 19.1 Å². The van der Waals surface area contributed by atoms with Gasteiger partial charge in [0.15, 0.2) is 0 Å². The second-order valence-corrected chi connectivity index (χ2v) is 6.02. The summed E-state index contributed by atoms with van der Waals surface area (Å²) >= 11 is 0. The SMILES string of the molecule is C=C(C)CNC(=O)C(C)[SH](C)C. The van der Waals surface area contributed by atoms with Gasteiger partial charge in [0, 0.05) is 6.54 Å². The number of hydrogen-bond acceptors (Lipinski definition) is 1. The van der Waals surface area contributed by atoms with Crippen LogP contribution in [0.1, 0.15) is 13.8 Å². The highest BCUT2D eigenvalue weighted by molar-refractivity contribution is 8.16. The molecule has 72 valence electrons. The van der Waals surface area contributed by atoms with Crippen molar-refractivity contribution in [1.82, 2.24) is 5.32 Å². The molecule has 0 aliphatic heterocycles. The Labute approximate surface area is 77.8 Å². The lowest BCUT2D eigenvalue weighted by Crippen LogP contribution is -2.33. The van der Waals surface area contributed by atoms with E-state index in [9.17, 15) is 4.79 Å². The first-order valence-electron chi connectivity index (χ1n) is 4.03. The van der Waals surface area contributed by atoms with Gasteiger partial charge >= 0.3 is 0 Å². The predicted molar refractivity (Wildman–Crippen MR) is 58.1 cm³/mol. The average molecular weight is 189 g/mol. The fourth-order valence-corrected chi connectivity index (χ4v) is 1.18. The van der Waals surface area contributed by atoms with Crippen LogP contribution in [-0.2, 0) is 4.79 Å². The van der Waals surface area contributed by atoms with Crippen LogP contribution in [0, 0.1) is 0 Å². The number of carbonyl (C=O) groups excluding carboxylic acids is 1. The van der Waals surface area contributed by atoms with Gasteiger partial charge < -0.3 is 5.32 Å². The summed E-state index contributed by atoms with van der Waals surface area (Å²) in [5.41, 5.74) is 0.993. The molecule has 1 N–H and O–H groups in total. The number of carbonyl (C=O) groups is 1. The maximum atomic E-state index is 11.4. The van der Waals surface area contributed by atoms with E-state index in [1.807, 2.05) is 13.8 Å². The third-order valence-electron chi connectivity index (χ3n) is 1.72. The Morgan fingerprint density at radius 1 is 1.58 bits per heavy atom. The molecule has 1 atom stereocenters. The monoisotopic (exact) mass is 189 g/mol. The highest BCUT2D eigenvalue weighted by atomic mass is 32.2. The van der Waals surface area contributed by atoms with Crippen LogP contribution < -0.4 is 5.32 Å². The van der Waals surface area contributed by atoms with E-state index in [2.05, 4.69) is 24.4 Å². The summed E-state index contributed by atoms with van der Waals surface area (Å²) in [6.45, 7) is 8.21. The Morgan fingerprint density at radius 3 is 2.42 bits per heavy atom. The van der Waals surface area contributed by atoms with Crippen LogP contribution in [0.2, 0.25) is 0 Å². The van der Waals surface area contributed by atoms with Crippen LogP contribution in [0.4, 0.5) is 0 Å². The Morgan fingerprint density at radius 2 is 2.08 bits per heavy atom. The van der Waals surface area contributed by atoms with Crippen molar-refractivity contribution in [3.63, 3.8) is 0 Å². The molecule has 0 heterocycles. The van der Waals surface area contributed by atoms with E-state index in [-0.39, 0.29) is 22.1 Å². The Kier molecular flexibility index (Phi) is 5.06. The lowest BCUT2D eigenvalue weighted by atomic mass is 10.3. The van der Waals surface area contributed by atoms with Gasteiger partial charge in [-0.05, 0) is 26.4 Å². The number of nitrogens with one attached hydrogen (secondary N) is 1. The van der Waals surface area contributed by atoms with Crippen LogP contribution in [0.25, 0.3) is 0 Å². The molecule has 2 nitrogen and oxygen atoms in total. The summed E-state index contributed by atoms with van der Waals surface area (Å²) < 4.78 is 0. The third-order valence-corrected chi connectivity index (χ3v) is 3.50. The van der Waals surface area contributed by atoms with Gasteiger partial charge in [0.25, 0.3) is 0 Å². The van der Waals surface area contributed by atoms with Gasteiger partial charge in [-0.3, -0.25) is 4.79 Å². The fourth-order valence-electron chi connectivity index (χ4n) is 0.620. The van der Waals surface area contributed by atoms with Crippen molar-refractivity contribution < 1.29 is 4.79 Å². The van der Waals surface area contributed by atoms with E-state index < -0.39 is 0 Å². The molecule has 0 aliphatic rings. The van der Waals surface area contributed by atoms with E-state index >= 15 is 0 Å². The second-order valence-electron chi connectivity index (χ2n) is 3.31. The highest BCUT2D eigenvalue weighted by Crippen LogP contribution is 2.21. The van der Waals surface area contributed by atoms with Crippen LogP contribution in [0.5, 0.6) is 0 Å². The predicted octanol–water partition coefficient (Wildman–Crippen LogP) is 1.33. The first kappa shape index (κ1) is 11.6. The van der Waals surface area contributed by atoms with Gasteiger partial charge in [0.05, 0.1) is 5.25 Å². The molecule has 0 aromatic heterocycles. The Balaban J connectivity index is 3.80. The lowest BCUT2D eigenvalue weighted by molar-refractivity contribution is -0.120. The summed E-state index contributed by atoms with van der Waals surface area (Å²) in [6.07, 6.45) is 4.22. The summed E-state index contributed by atoms with van der Waals surface area (Å²) in [5.74, 6) is 0.147. The number of thiol groups is 1. The molecule has 0 bridgehead atoms. The normalized spacial score (nSPS) is 13.5. The third kappa shape index (κ3) is 4.44. The van der Waals surface area contributed by atoms with Gasteiger partial charge in [-0.1, -0.05) is 12.2 Å². The second kappa shape index (κ2) is 5.25. The molecule has 0 aliphatic carbocycles. The van der Waals surface area contributed by atoms with Crippen molar-refractivity contribution in [2.75, 3.05) is 19.1 Å². The highest BCUT2D eigenvalue weighted by Gasteiger charge is 2.12. The van der Waals surface area contributed by atoms with Gasteiger partial charge in [-0.2, -0.15) is 0 Å². The van der Waals surface area contributed by atoms with E-state index in [0.29, 0.717) is 6.54 Å². The first-order chi connectivity index (χ1) is 5.45. The molecule has 1 amide bonds. The number of hydrogen-bond donors (Lipinski definition) is 2. The summed E-state index contributed by atoms with van der Waals surface area (Å²) in [4.78, 5) is 11.4. The zero-order valence-corrected chi connectivity index (χ0v) is 9.24. The van der Waals surface area contributed by atoms with Gasteiger partial charge in [-0.25, -0.2) is 10.9 Å². The molecule has 0 aromatic rings. The molecular weight excluding hydrogens is 170 g/mol. The smallest absolute Gasteiger partial charge is 0.231 e. The number of rotatable bonds is 4. The molecule has 0 fully saturated rings. The molecule has 12 heavy (non-hydrogen) atoms. The maximum Gasteiger partial charge on any atom is 0.231 e. The summed E-state index contributed by atoms with van der Waals surface area (Å²) in [7, 11) is -0.174. The van der Waals surface area contributed by atoms with Crippen LogP contribution in [0.3, 0.4) is 0 Å². The molecule has 0 saturated heterocycles. The van der Waals surface area contributed by atoms with E-state index in [1.165, 1.54) is 0 Å². The Bertz CT molecular complexity index is 177. The van der Waals surface area contributed by atoms with Crippen molar-refractivity contribution >= 4 is 16.8 Å². The molecule has 3 heteroatoms. The minimum absolute atomic E-state index is 0.147. The maximum absolute atomic E-state index is 11.4. The molecule has 0 rings (SSSR count). The minimum Gasteiger partial charge on any atom is -0.351 e. The largest absolute Gasteiger partial charge is 0.351 e. The zero-order chi connectivity index (χ0) is 9.72. The van der Waals surface area contributed by atoms with E-state index in [1.54, 1.807) is 0 Å². The lowest BCUT2D eigenvalue weighted by Gasteiger charge is -2.18. The molecule has 0 saturated carbocycles. The molecular formula is C9H19NOS. The average Bonchev–Trinajstić information content (AvgIpc) is 1.98. The van der Waals surface area contributed by atoms with Crippen molar-refractivity contribution in [3.05, 3.63) is 12.2 Å². The topological polar surface area (TPSA) is 29.1 Å². The number of amides is 1. The van der Waals surface area contributed by atoms with Crippen molar-refractivity contribution in [3.8, 4) is 0 Å². The van der Waals surface area contributed by atoms with Crippen LogP contribution >= 0.6 is 10.9 Å². The van der Waals surface area contributed by atoms with Crippen LogP contribution in [-0.4, -0.2) is 30.2 Å². The molecule has 0 radical (unpaired) electrons. The fraction of sp³-hybridized carbons (Fsp3) is 0.667. The molecule has 0 spiro atoms. The minimum atomic E-state index is -0.174. The quantitative estimate of drug-likeness (QED) is 0.507. The van der Waals surface area contributed by atoms with E-state index in [4.69, 9.17) is 0 Å². The van der Waals surface area contributed by atoms with Crippen molar-refractivity contribution in [2.24, 2.45) is 0 Å². The summed E-state index contributed by atoms with van der Waals surface area (Å²) in [5, 5.41) is 2.99. The van der Waals surface area contributed by atoms with Gasteiger partial charge in [0.2, 0.25) is 5.91 Å². The molecule has 0 aromatic carbocycles. The van der Waals surface area contributed by atoms with E-state index in [0.717, 1.165) is 5.57 Å². The van der Waals surface area contributed by atoms with Crippen LogP contribution in [0.15, 0.2) is 12.2 Å². The zero-order valence-electron chi connectivity index (χ0n) is 8.35. The Hall–Kier alpha value is -0.440. The molecule has 1 unspecified atom stereocenters. The summed E-state index contributed by atoms with van der Waals surface area (Å²) in [6, 6.07) is 0. The first-order valence-corrected chi connectivity index (χ1v) is 6.34. The van der Waals surface area contributed by atoms with Gasteiger partial charge in [-0.15, -0.1) is 0 Å².